The lowest BCUT2D eigenvalue weighted by atomic mass is 10.1. The SMILES string of the molecule is CCN1CCCC1CN(Cc1nc2ccccc2n1C)C(=O)Cc1ccc2c(c1)OCO2. The number of aryl methyl sites for hydroxylation is 1. The molecule has 0 bridgehead atoms. The number of aromatic nitrogens is 2. The Hall–Kier alpha value is -3.06. The van der Waals surface area contributed by atoms with Gasteiger partial charge >= 0.3 is 0 Å². The molecule has 1 atom stereocenters. The van der Waals surface area contributed by atoms with Gasteiger partial charge in [0.05, 0.1) is 24.0 Å². The second kappa shape index (κ2) is 8.82. The Labute approximate surface area is 188 Å². The molecule has 7 heteroatoms. The average molecular weight is 435 g/mol. The fourth-order valence-electron chi connectivity index (χ4n) is 4.87. The monoisotopic (exact) mass is 434 g/mol. The number of rotatable bonds is 7. The van der Waals surface area contributed by atoms with Crippen LogP contribution in [-0.4, -0.2) is 57.7 Å². The van der Waals surface area contributed by atoms with Crippen molar-refractivity contribution in [3.63, 3.8) is 0 Å². The molecule has 1 fully saturated rings. The van der Waals surface area contributed by atoms with Gasteiger partial charge in [-0.25, -0.2) is 4.98 Å². The molecular formula is C25H30N4O3. The third-order valence-corrected chi connectivity index (χ3v) is 6.69. The van der Waals surface area contributed by atoms with Crippen molar-refractivity contribution in [2.24, 2.45) is 7.05 Å². The molecule has 2 aliphatic rings. The molecule has 2 aromatic carbocycles. The van der Waals surface area contributed by atoms with E-state index in [2.05, 4.69) is 22.5 Å². The third kappa shape index (κ3) is 4.05. The molecule has 5 rings (SSSR count). The van der Waals surface area contributed by atoms with Crippen molar-refractivity contribution in [3.8, 4) is 11.5 Å². The first-order chi connectivity index (χ1) is 15.6. The van der Waals surface area contributed by atoms with Crippen LogP contribution < -0.4 is 9.47 Å². The highest BCUT2D eigenvalue weighted by atomic mass is 16.7. The van der Waals surface area contributed by atoms with Gasteiger partial charge in [-0.1, -0.05) is 25.1 Å². The van der Waals surface area contributed by atoms with Crippen LogP contribution in [0.25, 0.3) is 11.0 Å². The van der Waals surface area contributed by atoms with E-state index in [-0.39, 0.29) is 12.7 Å². The van der Waals surface area contributed by atoms with E-state index < -0.39 is 0 Å². The Morgan fingerprint density at radius 3 is 2.88 bits per heavy atom. The van der Waals surface area contributed by atoms with Crippen LogP contribution in [0.1, 0.15) is 31.2 Å². The maximum Gasteiger partial charge on any atom is 0.231 e. The Balaban J connectivity index is 1.39. The van der Waals surface area contributed by atoms with Crippen LogP contribution in [0.5, 0.6) is 11.5 Å². The van der Waals surface area contributed by atoms with Crippen LogP contribution in [0, 0.1) is 0 Å². The number of nitrogens with zero attached hydrogens (tertiary/aromatic N) is 4. The summed E-state index contributed by atoms with van der Waals surface area (Å²) in [7, 11) is 2.03. The largest absolute Gasteiger partial charge is 0.454 e. The molecule has 0 aliphatic carbocycles. The molecule has 168 valence electrons. The summed E-state index contributed by atoms with van der Waals surface area (Å²) in [6.07, 6.45) is 2.65. The van der Waals surface area contributed by atoms with Gasteiger partial charge in [0.25, 0.3) is 0 Å². The molecule has 0 saturated carbocycles. The average Bonchev–Trinajstić information content (AvgIpc) is 3.52. The number of hydrogen-bond donors (Lipinski definition) is 0. The second-order valence-corrected chi connectivity index (χ2v) is 8.64. The molecule has 3 heterocycles. The minimum Gasteiger partial charge on any atom is -0.454 e. The number of likely N-dealkylation sites (tertiary alicyclic amines) is 1. The molecule has 32 heavy (non-hydrogen) atoms. The molecule has 7 nitrogen and oxygen atoms in total. The molecular weight excluding hydrogens is 404 g/mol. The van der Waals surface area contributed by atoms with Crippen LogP contribution in [-0.2, 0) is 24.8 Å². The summed E-state index contributed by atoms with van der Waals surface area (Å²) >= 11 is 0. The Morgan fingerprint density at radius 1 is 1.19 bits per heavy atom. The number of imidazole rings is 1. The van der Waals surface area contributed by atoms with Crippen LogP contribution >= 0.6 is 0 Å². The predicted octanol–water partition coefficient (Wildman–Crippen LogP) is 3.36. The fourth-order valence-corrected chi connectivity index (χ4v) is 4.87. The van der Waals surface area contributed by atoms with Gasteiger partial charge in [0, 0.05) is 19.6 Å². The smallest absolute Gasteiger partial charge is 0.231 e. The maximum absolute atomic E-state index is 13.5. The minimum absolute atomic E-state index is 0.110. The molecule has 0 radical (unpaired) electrons. The van der Waals surface area contributed by atoms with Gasteiger partial charge < -0.3 is 18.9 Å². The van der Waals surface area contributed by atoms with Gasteiger partial charge in [-0.05, 0) is 55.8 Å². The molecule has 0 N–H and O–H groups in total. The first-order valence-corrected chi connectivity index (χ1v) is 11.4. The number of hydrogen-bond acceptors (Lipinski definition) is 5. The summed E-state index contributed by atoms with van der Waals surface area (Å²) in [6, 6.07) is 14.3. The highest BCUT2D eigenvalue weighted by Gasteiger charge is 2.28. The Kier molecular flexibility index (Phi) is 5.74. The molecule has 0 spiro atoms. The molecule has 3 aromatic rings. The van der Waals surface area contributed by atoms with E-state index in [9.17, 15) is 4.79 Å². The number of likely N-dealkylation sites (N-methyl/N-ethyl adjacent to an activating group) is 1. The zero-order valence-electron chi connectivity index (χ0n) is 18.8. The highest BCUT2D eigenvalue weighted by Crippen LogP contribution is 2.33. The number of fused-ring (bicyclic) bond motifs is 2. The molecule has 1 amide bonds. The first kappa shape index (κ1) is 20.8. The van der Waals surface area contributed by atoms with Gasteiger partial charge in [-0.3, -0.25) is 9.69 Å². The lowest BCUT2D eigenvalue weighted by molar-refractivity contribution is -0.132. The summed E-state index contributed by atoms with van der Waals surface area (Å²) in [4.78, 5) is 22.8. The summed E-state index contributed by atoms with van der Waals surface area (Å²) in [5.74, 6) is 2.47. The first-order valence-electron chi connectivity index (χ1n) is 11.4. The van der Waals surface area contributed by atoms with E-state index in [0.29, 0.717) is 24.8 Å². The van der Waals surface area contributed by atoms with E-state index in [4.69, 9.17) is 14.5 Å². The van der Waals surface area contributed by atoms with Crippen molar-refractivity contribution in [3.05, 3.63) is 53.9 Å². The van der Waals surface area contributed by atoms with Crippen molar-refractivity contribution in [1.29, 1.82) is 0 Å². The normalized spacial score (nSPS) is 17.9. The van der Waals surface area contributed by atoms with Gasteiger partial charge in [0.15, 0.2) is 11.5 Å². The topological polar surface area (TPSA) is 59.8 Å². The molecule has 2 aliphatic heterocycles. The molecule has 1 aromatic heterocycles. The number of para-hydroxylation sites is 2. The zero-order valence-corrected chi connectivity index (χ0v) is 18.8. The van der Waals surface area contributed by atoms with Crippen LogP contribution in [0.2, 0.25) is 0 Å². The third-order valence-electron chi connectivity index (χ3n) is 6.69. The Morgan fingerprint density at radius 2 is 2.03 bits per heavy atom. The second-order valence-electron chi connectivity index (χ2n) is 8.64. The number of carbonyl (C=O) groups excluding carboxylic acids is 1. The predicted molar refractivity (Wildman–Crippen MR) is 123 cm³/mol. The van der Waals surface area contributed by atoms with E-state index in [0.717, 1.165) is 54.2 Å². The summed E-state index contributed by atoms with van der Waals surface area (Å²) in [5.41, 5.74) is 2.99. The van der Waals surface area contributed by atoms with Gasteiger partial charge in [0.2, 0.25) is 12.7 Å². The number of ether oxygens (including phenoxy) is 2. The maximum atomic E-state index is 13.5. The lowest BCUT2D eigenvalue weighted by Crippen LogP contribution is -2.43. The molecule has 1 saturated heterocycles. The van der Waals surface area contributed by atoms with Crippen molar-refractivity contribution in [2.45, 2.75) is 38.8 Å². The van der Waals surface area contributed by atoms with E-state index in [1.807, 2.05) is 48.3 Å². The van der Waals surface area contributed by atoms with Gasteiger partial charge in [0.1, 0.15) is 5.82 Å². The minimum atomic E-state index is 0.110. The van der Waals surface area contributed by atoms with Crippen LogP contribution in [0.15, 0.2) is 42.5 Å². The van der Waals surface area contributed by atoms with Crippen molar-refractivity contribution in [1.82, 2.24) is 19.4 Å². The van der Waals surface area contributed by atoms with Crippen LogP contribution in [0.4, 0.5) is 0 Å². The molecule has 1 unspecified atom stereocenters. The summed E-state index contributed by atoms with van der Waals surface area (Å²) in [5, 5.41) is 0. The van der Waals surface area contributed by atoms with E-state index in [1.54, 1.807) is 0 Å². The quantitative estimate of drug-likeness (QED) is 0.571. The highest BCUT2D eigenvalue weighted by molar-refractivity contribution is 5.79. The van der Waals surface area contributed by atoms with Crippen LogP contribution in [0.3, 0.4) is 0 Å². The number of amides is 1. The van der Waals surface area contributed by atoms with Crippen molar-refractivity contribution in [2.75, 3.05) is 26.4 Å². The zero-order chi connectivity index (χ0) is 22.1. The Bertz CT molecular complexity index is 1130. The fraction of sp³-hybridized carbons (Fsp3) is 0.440. The lowest BCUT2D eigenvalue weighted by Gasteiger charge is -2.30. The van der Waals surface area contributed by atoms with Gasteiger partial charge in [-0.2, -0.15) is 0 Å². The number of carbonyl (C=O) groups is 1. The summed E-state index contributed by atoms with van der Waals surface area (Å²) < 4.78 is 13.0. The van der Waals surface area contributed by atoms with E-state index >= 15 is 0 Å². The number of benzene rings is 2. The standard InChI is InChI=1S/C25H30N4O3/c1-3-28-12-6-7-19(28)15-29(16-24-26-20-8-4-5-9-21(20)27(24)2)25(30)14-18-10-11-22-23(13-18)32-17-31-22/h4-5,8-11,13,19H,3,6-7,12,14-17H2,1-2H3. The van der Waals surface area contributed by atoms with Gasteiger partial charge in [-0.15, -0.1) is 0 Å². The van der Waals surface area contributed by atoms with Crippen molar-refractivity contribution < 1.29 is 14.3 Å². The van der Waals surface area contributed by atoms with E-state index in [1.165, 1.54) is 6.42 Å². The summed E-state index contributed by atoms with van der Waals surface area (Å²) in [6.45, 7) is 5.78. The van der Waals surface area contributed by atoms with Crippen molar-refractivity contribution >= 4 is 16.9 Å².